The number of rotatable bonds is 8. The molecule has 3 aromatic rings. The molecule has 1 N–H and O–H groups in total. The van der Waals surface area contributed by atoms with E-state index < -0.39 is 11.6 Å². The normalized spacial score (nSPS) is 13.3. The molecule has 1 fully saturated rings. The van der Waals surface area contributed by atoms with Crippen LogP contribution < -0.4 is 5.32 Å². The van der Waals surface area contributed by atoms with Crippen LogP contribution in [0.4, 0.5) is 8.78 Å². The molecular weight excluding hydrogens is 460 g/mol. The lowest BCUT2D eigenvalue weighted by atomic mass is 9.89. The Hall–Kier alpha value is -2.52. The Kier molecular flexibility index (Phi) is 14.2. The molecule has 1 heterocycles. The molecule has 0 unspecified atom stereocenters. The maximum Gasteiger partial charge on any atom is 0.129 e. The van der Waals surface area contributed by atoms with E-state index in [1.807, 2.05) is 13.8 Å². The van der Waals surface area contributed by atoms with Crippen LogP contribution in [0.5, 0.6) is 0 Å². The van der Waals surface area contributed by atoms with Gasteiger partial charge in [0.25, 0.3) is 0 Å². The summed E-state index contributed by atoms with van der Waals surface area (Å²) in [6, 6.07) is 19.8. The van der Waals surface area contributed by atoms with Gasteiger partial charge in [-0.3, -0.25) is 0 Å². The van der Waals surface area contributed by atoms with Gasteiger partial charge in [-0.05, 0) is 118 Å². The summed E-state index contributed by atoms with van der Waals surface area (Å²) < 4.78 is 27.1. The van der Waals surface area contributed by atoms with Crippen molar-refractivity contribution in [2.75, 3.05) is 13.1 Å². The topological polar surface area (TPSA) is 12.0 Å². The van der Waals surface area contributed by atoms with Gasteiger partial charge in [0.15, 0.2) is 0 Å². The van der Waals surface area contributed by atoms with E-state index in [4.69, 9.17) is 0 Å². The quantitative estimate of drug-likeness (QED) is 0.300. The van der Waals surface area contributed by atoms with E-state index in [-0.39, 0.29) is 5.56 Å². The van der Waals surface area contributed by atoms with Crippen molar-refractivity contribution in [1.29, 1.82) is 0 Å². The van der Waals surface area contributed by atoms with Gasteiger partial charge in [0.05, 0.1) is 0 Å². The van der Waals surface area contributed by atoms with Crippen LogP contribution in [-0.2, 0) is 19.3 Å². The van der Waals surface area contributed by atoms with Crippen molar-refractivity contribution in [3.05, 3.63) is 106 Å². The zero-order valence-electron chi connectivity index (χ0n) is 23.7. The highest BCUT2D eigenvalue weighted by Crippen LogP contribution is 2.25. The highest BCUT2D eigenvalue weighted by Gasteiger charge is 2.14. The Morgan fingerprint density at radius 2 is 1.32 bits per heavy atom. The fraction of sp³-hybridized carbons (Fsp3) is 0.471. The molecule has 0 aromatic heterocycles. The van der Waals surface area contributed by atoms with Crippen molar-refractivity contribution < 1.29 is 8.78 Å². The van der Waals surface area contributed by atoms with E-state index in [2.05, 4.69) is 68.6 Å². The fourth-order valence-corrected chi connectivity index (χ4v) is 4.71. The predicted molar refractivity (Wildman–Crippen MR) is 156 cm³/mol. The van der Waals surface area contributed by atoms with E-state index in [1.165, 1.54) is 58.9 Å². The number of nitrogens with one attached hydrogen (secondary N) is 1. The molecule has 4 rings (SSSR count). The molecule has 0 bridgehead atoms. The molecule has 3 heteroatoms. The van der Waals surface area contributed by atoms with Crippen LogP contribution in [0, 0.1) is 25.5 Å². The Morgan fingerprint density at radius 1 is 0.730 bits per heavy atom. The lowest BCUT2D eigenvalue weighted by molar-refractivity contribution is 0.460. The zero-order valence-corrected chi connectivity index (χ0v) is 23.7. The summed E-state index contributed by atoms with van der Waals surface area (Å²) >= 11 is 0. The first-order chi connectivity index (χ1) is 18.0. The summed E-state index contributed by atoms with van der Waals surface area (Å²) in [7, 11) is 0. The number of benzene rings is 3. The molecule has 1 aliphatic heterocycles. The maximum atomic E-state index is 13.6. The Morgan fingerprint density at radius 3 is 1.92 bits per heavy atom. The number of piperidine rings is 1. The van der Waals surface area contributed by atoms with Crippen LogP contribution in [0.3, 0.4) is 0 Å². The number of unbranched alkanes of at least 4 members (excludes halogenated alkanes) is 2. The lowest BCUT2D eigenvalue weighted by Gasteiger charge is -2.23. The van der Waals surface area contributed by atoms with E-state index >= 15 is 0 Å². The minimum Gasteiger partial charge on any atom is -0.317 e. The van der Waals surface area contributed by atoms with Crippen molar-refractivity contribution in [2.24, 2.45) is 0 Å². The number of aryl methyl sites for hydroxylation is 4. The third-order valence-electron chi connectivity index (χ3n) is 7.22. The summed E-state index contributed by atoms with van der Waals surface area (Å²) in [5.41, 5.74) is 7.27. The van der Waals surface area contributed by atoms with E-state index in [1.54, 1.807) is 0 Å². The summed E-state index contributed by atoms with van der Waals surface area (Å²) in [5, 5.41) is 3.41. The van der Waals surface area contributed by atoms with Gasteiger partial charge in [0, 0.05) is 5.56 Å². The van der Waals surface area contributed by atoms with Crippen molar-refractivity contribution in [1.82, 2.24) is 5.32 Å². The molecular formula is C34H47F2N. The van der Waals surface area contributed by atoms with Crippen LogP contribution >= 0.6 is 0 Å². The molecule has 0 saturated carbocycles. The summed E-state index contributed by atoms with van der Waals surface area (Å²) in [6.45, 7) is 12.7. The maximum absolute atomic E-state index is 13.6. The lowest BCUT2D eigenvalue weighted by Crippen LogP contribution is -2.26. The molecule has 0 radical (unpaired) electrons. The highest BCUT2D eigenvalue weighted by molar-refractivity contribution is 5.29. The van der Waals surface area contributed by atoms with Crippen molar-refractivity contribution in [3.8, 4) is 0 Å². The number of hydrogen-bond acceptors (Lipinski definition) is 1. The van der Waals surface area contributed by atoms with Crippen LogP contribution in [-0.4, -0.2) is 13.1 Å². The minimum atomic E-state index is -0.423. The summed E-state index contributed by atoms with van der Waals surface area (Å²) in [5.74, 6) is -0.145. The first-order valence-electron chi connectivity index (χ1n) is 14.3. The van der Waals surface area contributed by atoms with Gasteiger partial charge >= 0.3 is 0 Å². The smallest absolute Gasteiger partial charge is 0.129 e. The molecule has 1 saturated heterocycles. The predicted octanol–water partition coefficient (Wildman–Crippen LogP) is 9.28. The van der Waals surface area contributed by atoms with Gasteiger partial charge in [-0.1, -0.05) is 75.7 Å². The second-order valence-corrected chi connectivity index (χ2v) is 9.80. The first-order valence-corrected chi connectivity index (χ1v) is 14.3. The van der Waals surface area contributed by atoms with Crippen LogP contribution in [0.1, 0.15) is 92.2 Å². The molecule has 0 aliphatic carbocycles. The molecule has 1 nitrogen and oxygen atoms in total. The molecule has 37 heavy (non-hydrogen) atoms. The van der Waals surface area contributed by atoms with Crippen molar-refractivity contribution in [2.45, 2.75) is 91.9 Å². The van der Waals surface area contributed by atoms with E-state index in [0.717, 1.165) is 45.2 Å². The van der Waals surface area contributed by atoms with Crippen LogP contribution in [0.2, 0.25) is 0 Å². The van der Waals surface area contributed by atoms with Gasteiger partial charge in [-0.2, -0.15) is 0 Å². The van der Waals surface area contributed by atoms with E-state index in [9.17, 15) is 8.78 Å². The van der Waals surface area contributed by atoms with Gasteiger partial charge in [-0.25, -0.2) is 8.78 Å². The van der Waals surface area contributed by atoms with Gasteiger partial charge in [0.1, 0.15) is 11.6 Å². The summed E-state index contributed by atoms with van der Waals surface area (Å²) in [6.07, 6.45) is 7.98. The van der Waals surface area contributed by atoms with Gasteiger partial charge < -0.3 is 5.32 Å². The number of halogens is 2. The minimum absolute atomic E-state index is 0.230. The third-order valence-corrected chi connectivity index (χ3v) is 7.22. The zero-order chi connectivity index (χ0) is 27.0. The fourth-order valence-electron chi connectivity index (χ4n) is 4.71. The standard InChI is InChI=1S/C22H27F2N.C10H14.C2H6/c23-21-7-4-8-22(24)20(21)6-3-1-2-5-17-9-11-18(12-10-17)19-13-15-25-16-14-19;1-4-10-6-5-8(2)9(3)7-10;1-2/h4,7-12,19,25H,1-3,5-6,13-16H2;5-7H,4H2,1-3H3;1-2H3. The molecule has 0 spiro atoms. The van der Waals surface area contributed by atoms with Crippen LogP contribution in [0.25, 0.3) is 0 Å². The average Bonchev–Trinajstić information content (AvgIpc) is 2.94. The largest absolute Gasteiger partial charge is 0.317 e. The average molecular weight is 508 g/mol. The second kappa shape index (κ2) is 17.1. The molecule has 0 amide bonds. The molecule has 3 aromatic carbocycles. The summed E-state index contributed by atoms with van der Waals surface area (Å²) in [4.78, 5) is 0. The van der Waals surface area contributed by atoms with Crippen LogP contribution in [0.15, 0.2) is 60.7 Å². The van der Waals surface area contributed by atoms with Gasteiger partial charge in [-0.15, -0.1) is 0 Å². The van der Waals surface area contributed by atoms with Gasteiger partial charge in [0.2, 0.25) is 0 Å². The first kappa shape index (κ1) is 30.7. The second-order valence-electron chi connectivity index (χ2n) is 9.80. The monoisotopic (exact) mass is 507 g/mol. The van der Waals surface area contributed by atoms with Crippen molar-refractivity contribution in [3.63, 3.8) is 0 Å². The highest BCUT2D eigenvalue weighted by atomic mass is 19.1. The molecule has 0 atom stereocenters. The van der Waals surface area contributed by atoms with Crippen molar-refractivity contribution >= 4 is 0 Å². The SMILES string of the molecule is CC.CCc1ccc(C)c(C)c1.Fc1cccc(F)c1CCCCCc1ccc(C2CCNCC2)cc1. The Balaban J connectivity index is 0.000000336. The Bertz CT molecular complexity index is 1020. The molecule has 1 aliphatic rings. The van der Waals surface area contributed by atoms with E-state index in [0.29, 0.717) is 12.3 Å². The third kappa shape index (κ3) is 10.4. The number of hydrogen-bond donors (Lipinski definition) is 1. The molecule has 202 valence electrons. The Labute approximate surface area is 224 Å².